The van der Waals surface area contributed by atoms with Crippen LogP contribution in [-0.2, 0) is 19.1 Å². The van der Waals surface area contributed by atoms with Gasteiger partial charge < -0.3 is 15.4 Å². The van der Waals surface area contributed by atoms with Crippen LogP contribution in [0.5, 0.6) is 0 Å². The van der Waals surface area contributed by atoms with Crippen molar-refractivity contribution in [3.05, 3.63) is 80.7 Å². The van der Waals surface area contributed by atoms with E-state index in [9.17, 15) is 14.4 Å². The molecule has 3 aromatic carbocycles. The Balaban J connectivity index is 1.38. The lowest BCUT2D eigenvalue weighted by Crippen LogP contribution is -2.22. The molecule has 0 aromatic heterocycles. The molecule has 10 heteroatoms. The fourth-order valence-electron chi connectivity index (χ4n) is 2.87. The molecule has 3 rings (SSSR count). The highest BCUT2D eigenvalue weighted by molar-refractivity contribution is 9.10. The van der Waals surface area contributed by atoms with E-state index in [1.807, 2.05) is 43.3 Å². The van der Waals surface area contributed by atoms with E-state index in [0.717, 1.165) is 15.4 Å². The third kappa shape index (κ3) is 8.89. The van der Waals surface area contributed by atoms with Crippen LogP contribution >= 0.6 is 50.9 Å². The highest BCUT2D eigenvalue weighted by atomic mass is 79.9. The van der Waals surface area contributed by atoms with Gasteiger partial charge in [-0.05, 0) is 89.1 Å². The Bertz CT molecular complexity index is 1220. The van der Waals surface area contributed by atoms with Gasteiger partial charge in [-0.15, -0.1) is 0 Å². The Morgan fingerprint density at radius 1 is 0.886 bits per heavy atom. The van der Waals surface area contributed by atoms with Gasteiger partial charge in [0, 0.05) is 37.1 Å². The number of benzene rings is 3. The Morgan fingerprint density at radius 3 is 2.17 bits per heavy atom. The molecule has 2 N–H and O–H groups in total. The van der Waals surface area contributed by atoms with Gasteiger partial charge in [0.15, 0.2) is 6.61 Å². The fraction of sp³-hybridized carbons (Fsp3) is 0.160. The van der Waals surface area contributed by atoms with Crippen LogP contribution < -0.4 is 10.6 Å². The maximum Gasteiger partial charge on any atom is 0.306 e. The molecule has 0 aliphatic carbocycles. The zero-order chi connectivity index (χ0) is 25.4. The highest BCUT2D eigenvalue weighted by Crippen LogP contribution is 2.30. The van der Waals surface area contributed by atoms with E-state index < -0.39 is 18.5 Å². The lowest BCUT2D eigenvalue weighted by atomic mass is 10.2. The van der Waals surface area contributed by atoms with Crippen LogP contribution in [0.15, 0.2) is 74.9 Å². The van der Waals surface area contributed by atoms with Gasteiger partial charge in [0.05, 0.1) is 11.4 Å². The molecule has 0 unspecified atom stereocenters. The zero-order valence-electron chi connectivity index (χ0n) is 18.6. The van der Waals surface area contributed by atoms with Gasteiger partial charge in [0.25, 0.3) is 5.91 Å². The molecule has 0 aliphatic heterocycles. The van der Waals surface area contributed by atoms with E-state index in [1.165, 1.54) is 0 Å². The summed E-state index contributed by atoms with van der Waals surface area (Å²) in [6.07, 6.45) is -0.212. The number of carbonyl (C=O) groups excluding carboxylic acids is 3. The van der Waals surface area contributed by atoms with E-state index in [0.29, 0.717) is 25.9 Å². The van der Waals surface area contributed by atoms with Crippen molar-refractivity contribution >= 4 is 80.1 Å². The number of anilines is 2. The van der Waals surface area contributed by atoms with E-state index in [4.69, 9.17) is 27.9 Å². The number of ether oxygens (including phenoxy) is 1. The van der Waals surface area contributed by atoms with Gasteiger partial charge in [0.1, 0.15) is 0 Å². The number of nitrogens with one attached hydrogen (secondary N) is 2. The normalized spacial score (nSPS) is 10.5. The summed E-state index contributed by atoms with van der Waals surface area (Å²) >= 11 is 16.8. The molecule has 0 aliphatic rings. The minimum absolute atomic E-state index is 0.0663. The monoisotopic (exact) mass is 594 g/mol. The molecule has 0 fully saturated rings. The van der Waals surface area contributed by atoms with E-state index >= 15 is 0 Å². The van der Waals surface area contributed by atoms with Crippen molar-refractivity contribution in [2.45, 2.75) is 29.6 Å². The highest BCUT2D eigenvalue weighted by Gasteiger charge is 2.13. The maximum atomic E-state index is 12.2. The molecule has 182 valence electrons. The van der Waals surface area contributed by atoms with Gasteiger partial charge in [-0.25, -0.2) is 0 Å². The largest absolute Gasteiger partial charge is 0.456 e. The average Bonchev–Trinajstić information content (AvgIpc) is 2.82. The molecule has 3 aromatic rings. The third-order valence-electron chi connectivity index (χ3n) is 4.65. The molecular formula is C25H21BrCl2N2O4S. The van der Waals surface area contributed by atoms with E-state index in [-0.39, 0.29) is 18.7 Å². The van der Waals surface area contributed by atoms with Crippen molar-refractivity contribution in [2.24, 2.45) is 0 Å². The summed E-state index contributed by atoms with van der Waals surface area (Å²) in [7, 11) is 0. The van der Waals surface area contributed by atoms with E-state index in [2.05, 4.69) is 26.6 Å². The number of esters is 1. The summed E-state index contributed by atoms with van der Waals surface area (Å²) in [4.78, 5) is 38.2. The molecule has 0 heterocycles. The Labute approximate surface area is 225 Å². The summed E-state index contributed by atoms with van der Waals surface area (Å²) in [5.41, 5.74) is 1.94. The van der Waals surface area contributed by atoms with Crippen molar-refractivity contribution < 1.29 is 19.1 Å². The second-order valence-electron chi connectivity index (χ2n) is 7.42. The lowest BCUT2D eigenvalue weighted by molar-refractivity contribution is -0.147. The summed E-state index contributed by atoms with van der Waals surface area (Å²) in [5, 5.41) is 6.51. The van der Waals surface area contributed by atoms with E-state index in [1.54, 1.807) is 36.0 Å². The standard InChI is InChI=1S/C25H21BrCl2N2O4S/c1-15-12-20(26)21(28)13-22(15)30-24(32)14-34-25(33)11-10-23(31)29-17-4-8-19(9-5-17)35-18-6-2-16(27)3-7-18/h2-9,12-13H,10-11,14H2,1H3,(H,29,31)(H,30,32). The first-order chi connectivity index (χ1) is 16.7. The molecule has 35 heavy (non-hydrogen) atoms. The zero-order valence-corrected chi connectivity index (χ0v) is 22.5. The van der Waals surface area contributed by atoms with Crippen LogP contribution in [0.3, 0.4) is 0 Å². The first-order valence-electron chi connectivity index (χ1n) is 10.4. The molecule has 0 saturated carbocycles. The number of carbonyl (C=O) groups is 3. The van der Waals surface area contributed by atoms with Crippen molar-refractivity contribution in [3.8, 4) is 0 Å². The van der Waals surface area contributed by atoms with Crippen molar-refractivity contribution in [1.29, 1.82) is 0 Å². The summed E-state index contributed by atoms with van der Waals surface area (Å²) in [6, 6.07) is 18.3. The van der Waals surface area contributed by atoms with Gasteiger partial charge in [-0.1, -0.05) is 35.0 Å². The minimum atomic E-state index is -0.643. The quantitative estimate of drug-likeness (QED) is 0.257. The number of aryl methyl sites for hydroxylation is 1. The molecule has 2 amide bonds. The number of amides is 2. The van der Waals surface area contributed by atoms with Crippen LogP contribution in [0.4, 0.5) is 11.4 Å². The SMILES string of the molecule is Cc1cc(Br)c(Cl)cc1NC(=O)COC(=O)CCC(=O)Nc1ccc(Sc2ccc(Cl)cc2)cc1. The van der Waals surface area contributed by atoms with Gasteiger partial charge >= 0.3 is 5.97 Å². The smallest absolute Gasteiger partial charge is 0.306 e. The predicted octanol–water partition coefficient (Wildman–Crippen LogP) is 7.12. The second kappa shape index (κ2) is 13.0. The minimum Gasteiger partial charge on any atom is -0.456 e. The number of hydrogen-bond donors (Lipinski definition) is 2. The second-order valence-corrected chi connectivity index (χ2v) is 10.3. The molecule has 0 radical (unpaired) electrons. The van der Waals surface area contributed by atoms with Gasteiger partial charge in [-0.2, -0.15) is 0 Å². The van der Waals surface area contributed by atoms with Crippen LogP contribution in [0.25, 0.3) is 0 Å². The molecular weight excluding hydrogens is 575 g/mol. The van der Waals surface area contributed by atoms with Crippen LogP contribution in [-0.4, -0.2) is 24.4 Å². The first-order valence-corrected chi connectivity index (χ1v) is 12.8. The summed E-state index contributed by atoms with van der Waals surface area (Å²) in [6.45, 7) is 1.35. The molecule has 0 bridgehead atoms. The lowest BCUT2D eigenvalue weighted by Gasteiger charge is -2.10. The predicted molar refractivity (Wildman–Crippen MR) is 143 cm³/mol. The van der Waals surface area contributed by atoms with Gasteiger partial charge in [0.2, 0.25) is 5.91 Å². The Hall–Kier alpha value is -2.52. The van der Waals surface area contributed by atoms with Crippen molar-refractivity contribution in [3.63, 3.8) is 0 Å². The number of hydrogen-bond acceptors (Lipinski definition) is 5. The number of rotatable bonds is 9. The first kappa shape index (κ1) is 27.1. The molecule has 0 saturated heterocycles. The molecule has 0 spiro atoms. The van der Waals surface area contributed by atoms with Crippen LogP contribution in [0.2, 0.25) is 10.0 Å². The molecule has 6 nitrogen and oxygen atoms in total. The molecule has 0 atom stereocenters. The maximum absolute atomic E-state index is 12.2. The Kier molecular flexibility index (Phi) is 10.0. The topological polar surface area (TPSA) is 84.5 Å². The van der Waals surface area contributed by atoms with Crippen molar-refractivity contribution in [1.82, 2.24) is 0 Å². The van der Waals surface area contributed by atoms with Gasteiger partial charge in [-0.3, -0.25) is 14.4 Å². The van der Waals surface area contributed by atoms with Crippen molar-refractivity contribution in [2.75, 3.05) is 17.2 Å². The fourth-order valence-corrected chi connectivity index (χ4v) is 4.43. The third-order valence-corrected chi connectivity index (χ3v) is 7.11. The average molecular weight is 596 g/mol. The number of halogens is 3. The Morgan fingerprint density at radius 2 is 1.51 bits per heavy atom. The van der Waals surface area contributed by atoms with Crippen LogP contribution in [0, 0.1) is 6.92 Å². The van der Waals surface area contributed by atoms with Crippen LogP contribution in [0.1, 0.15) is 18.4 Å². The summed E-state index contributed by atoms with van der Waals surface area (Å²) < 4.78 is 5.68. The summed E-state index contributed by atoms with van der Waals surface area (Å²) in [5.74, 6) is -1.47.